The molecular formula is C20H22N2O3. The van der Waals surface area contributed by atoms with E-state index in [0.717, 1.165) is 54.5 Å². The molecule has 0 saturated carbocycles. The van der Waals surface area contributed by atoms with Crippen LogP contribution in [-0.4, -0.2) is 22.1 Å². The van der Waals surface area contributed by atoms with E-state index in [9.17, 15) is 14.7 Å². The lowest BCUT2D eigenvalue weighted by Crippen LogP contribution is -2.40. The van der Waals surface area contributed by atoms with Crippen LogP contribution in [0.3, 0.4) is 0 Å². The summed E-state index contributed by atoms with van der Waals surface area (Å²) in [6, 6.07) is 8.84. The number of fused-ring (bicyclic) bond motifs is 2. The van der Waals surface area contributed by atoms with Crippen molar-refractivity contribution in [3.05, 3.63) is 68.6 Å². The maximum absolute atomic E-state index is 12.9. The molecule has 130 valence electrons. The Morgan fingerprint density at radius 1 is 1.16 bits per heavy atom. The first-order valence-electron chi connectivity index (χ1n) is 8.95. The standard InChI is InChI=1S/C20H22N2O3/c23-17-10-9-12-5-1-2-6-13(12)19(17)22-20(25)15-11-18(24)21-16-8-4-3-7-14(15)16/h1-2,5-6,11,17,19,23H,3-4,7-10H2,(H,21,24)(H,22,25)/t17-,19+/m1/s1. The van der Waals surface area contributed by atoms with Crippen molar-refractivity contribution in [1.29, 1.82) is 0 Å². The zero-order valence-corrected chi connectivity index (χ0v) is 14.0. The van der Waals surface area contributed by atoms with Crippen LogP contribution in [0.5, 0.6) is 0 Å². The molecule has 1 aromatic carbocycles. The van der Waals surface area contributed by atoms with E-state index in [-0.39, 0.29) is 11.5 Å². The Morgan fingerprint density at radius 3 is 2.84 bits per heavy atom. The number of aliphatic hydroxyl groups is 1. The zero-order valence-electron chi connectivity index (χ0n) is 14.0. The molecule has 0 spiro atoms. The van der Waals surface area contributed by atoms with Gasteiger partial charge in [-0.2, -0.15) is 0 Å². The van der Waals surface area contributed by atoms with Gasteiger partial charge in [0, 0.05) is 17.3 Å². The maximum Gasteiger partial charge on any atom is 0.252 e. The number of hydrogen-bond acceptors (Lipinski definition) is 3. The molecule has 0 aliphatic heterocycles. The van der Waals surface area contributed by atoms with Crippen molar-refractivity contribution in [2.75, 3.05) is 0 Å². The Labute approximate surface area is 146 Å². The summed E-state index contributed by atoms with van der Waals surface area (Å²) in [6.07, 6.45) is 4.48. The van der Waals surface area contributed by atoms with Crippen LogP contribution >= 0.6 is 0 Å². The van der Waals surface area contributed by atoms with Crippen molar-refractivity contribution in [2.24, 2.45) is 0 Å². The normalized spacial score (nSPS) is 22.0. The molecule has 0 radical (unpaired) electrons. The largest absolute Gasteiger partial charge is 0.391 e. The number of rotatable bonds is 2. The molecule has 0 fully saturated rings. The molecule has 2 aromatic rings. The lowest BCUT2D eigenvalue weighted by atomic mass is 9.85. The number of carbonyl (C=O) groups is 1. The number of pyridine rings is 1. The van der Waals surface area contributed by atoms with E-state index in [1.54, 1.807) is 0 Å². The van der Waals surface area contributed by atoms with Crippen LogP contribution in [0.25, 0.3) is 0 Å². The first-order chi connectivity index (χ1) is 12.1. The minimum absolute atomic E-state index is 0.240. The van der Waals surface area contributed by atoms with Crippen LogP contribution in [0.15, 0.2) is 35.1 Å². The number of H-pyrrole nitrogens is 1. The number of amides is 1. The number of carbonyl (C=O) groups excluding carboxylic acids is 1. The molecule has 0 unspecified atom stereocenters. The fraction of sp³-hybridized carbons (Fsp3) is 0.400. The first-order valence-corrected chi connectivity index (χ1v) is 8.95. The minimum Gasteiger partial charge on any atom is -0.391 e. The van der Waals surface area contributed by atoms with Crippen LogP contribution < -0.4 is 10.9 Å². The van der Waals surface area contributed by atoms with Crippen molar-refractivity contribution >= 4 is 5.91 Å². The van der Waals surface area contributed by atoms with Crippen molar-refractivity contribution in [3.8, 4) is 0 Å². The third-order valence-corrected chi connectivity index (χ3v) is 5.36. The average molecular weight is 338 g/mol. The second-order valence-electron chi connectivity index (χ2n) is 6.97. The molecule has 2 atom stereocenters. The number of aliphatic hydroxyl groups excluding tert-OH is 1. The topological polar surface area (TPSA) is 82.2 Å². The Bertz CT molecular complexity index is 871. The highest BCUT2D eigenvalue weighted by atomic mass is 16.3. The molecule has 25 heavy (non-hydrogen) atoms. The number of aryl methyl sites for hydroxylation is 2. The van der Waals surface area contributed by atoms with Gasteiger partial charge in [-0.25, -0.2) is 0 Å². The van der Waals surface area contributed by atoms with Crippen LogP contribution in [0.1, 0.15) is 58.0 Å². The van der Waals surface area contributed by atoms with Gasteiger partial charge in [0.25, 0.3) is 5.91 Å². The predicted molar refractivity (Wildman–Crippen MR) is 94.7 cm³/mol. The summed E-state index contributed by atoms with van der Waals surface area (Å²) in [4.78, 5) is 27.7. The van der Waals surface area contributed by atoms with Gasteiger partial charge in [0.05, 0.1) is 12.1 Å². The summed E-state index contributed by atoms with van der Waals surface area (Å²) >= 11 is 0. The molecule has 3 N–H and O–H groups in total. The first kappa shape index (κ1) is 16.1. The van der Waals surface area contributed by atoms with Crippen LogP contribution in [0, 0.1) is 0 Å². The van der Waals surface area contributed by atoms with Gasteiger partial charge in [0.2, 0.25) is 5.56 Å². The molecule has 2 aliphatic carbocycles. The summed E-state index contributed by atoms with van der Waals surface area (Å²) in [5.41, 5.74) is 4.17. The van der Waals surface area contributed by atoms with Gasteiger partial charge < -0.3 is 15.4 Å². The van der Waals surface area contributed by atoms with Gasteiger partial charge in [-0.1, -0.05) is 24.3 Å². The van der Waals surface area contributed by atoms with E-state index in [1.807, 2.05) is 24.3 Å². The van der Waals surface area contributed by atoms with Crippen molar-refractivity contribution in [2.45, 2.75) is 50.7 Å². The smallest absolute Gasteiger partial charge is 0.252 e. The van der Waals surface area contributed by atoms with Gasteiger partial charge in [0.1, 0.15) is 0 Å². The number of hydrogen-bond donors (Lipinski definition) is 3. The Balaban J connectivity index is 1.67. The highest BCUT2D eigenvalue weighted by Crippen LogP contribution is 2.30. The van der Waals surface area contributed by atoms with Crippen LogP contribution in [0.4, 0.5) is 0 Å². The summed E-state index contributed by atoms with van der Waals surface area (Å²) in [5.74, 6) is -0.273. The number of aromatic amines is 1. The average Bonchev–Trinajstić information content (AvgIpc) is 2.63. The van der Waals surface area contributed by atoms with Crippen LogP contribution in [0.2, 0.25) is 0 Å². The van der Waals surface area contributed by atoms with E-state index < -0.39 is 12.1 Å². The molecule has 1 aromatic heterocycles. The third-order valence-electron chi connectivity index (χ3n) is 5.36. The molecule has 2 aliphatic rings. The SMILES string of the molecule is O=C(N[C@H]1c2ccccc2CC[C@H]1O)c1cc(=O)[nH]c2c1CCCC2. The lowest BCUT2D eigenvalue weighted by molar-refractivity contribution is 0.0790. The summed E-state index contributed by atoms with van der Waals surface area (Å²) < 4.78 is 0. The molecular weight excluding hydrogens is 316 g/mol. The highest BCUT2D eigenvalue weighted by molar-refractivity contribution is 5.96. The Hall–Kier alpha value is -2.40. The fourth-order valence-corrected chi connectivity index (χ4v) is 4.08. The zero-order chi connectivity index (χ0) is 17.4. The second kappa shape index (κ2) is 6.48. The molecule has 5 nitrogen and oxygen atoms in total. The third kappa shape index (κ3) is 3.00. The molecule has 1 heterocycles. The number of nitrogens with one attached hydrogen (secondary N) is 2. The van der Waals surface area contributed by atoms with E-state index in [4.69, 9.17) is 0 Å². The van der Waals surface area contributed by atoms with E-state index in [2.05, 4.69) is 10.3 Å². The molecule has 5 heteroatoms. The van der Waals surface area contributed by atoms with Gasteiger partial charge in [0.15, 0.2) is 0 Å². The Morgan fingerprint density at radius 2 is 1.96 bits per heavy atom. The molecule has 4 rings (SSSR count). The van der Waals surface area contributed by atoms with Crippen molar-refractivity contribution < 1.29 is 9.90 Å². The summed E-state index contributed by atoms with van der Waals surface area (Å²) in [6.45, 7) is 0. The molecule has 1 amide bonds. The van der Waals surface area contributed by atoms with E-state index in [1.165, 1.54) is 6.07 Å². The fourth-order valence-electron chi connectivity index (χ4n) is 4.08. The monoisotopic (exact) mass is 338 g/mol. The minimum atomic E-state index is -0.614. The Kier molecular flexibility index (Phi) is 4.17. The second-order valence-corrected chi connectivity index (χ2v) is 6.97. The number of aromatic nitrogens is 1. The van der Waals surface area contributed by atoms with Gasteiger partial charge in [-0.15, -0.1) is 0 Å². The number of benzene rings is 1. The van der Waals surface area contributed by atoms with E-state index in [0.29, 0.717) is 12.0 Å². The van der Waals surface area contributed by atoms with E-state index >= 15 is 0 Å². The molecule has 0 saturated heterocycles. The summed E-state index contributed by atoms with van der Waals surface area (Å²) in [5, 5.41) is 13.4. The van der Waals surface area contributed by atoms with Crippen molar-refractivity contribution in [1.82, 2.24) is 10.3 Å². The van der Waals surface area contributed by atoms with Crippen molar-refractivity contribution in [3.63, 3.8) is 0 Å². The van der Waals surface area contributed by atoms with Gasteiger partial charge in [-0.05, 0) is 55.2 Å². The summed E-state index contributed by atoms with van der Waals surface area (Å²) in [7, 11) is 0. The highest BCUT2D eigenvalue weighted by Gasteiger charge is 2.30. The predicted octanol–water partition coefficient (Wildman–Crippen LogP) is 2.03. The van der Waals surface area contributed by atoms with Gasteiger partial charge in [-0.3, -0.25) is 9.59 Å². The van der Waals surface area contributed by atoms with Gasteiger partial charge >= 0.3 is 0 Å². The lowest BCUT2D eigenvalue weighted by Gasteiger charge is -2.31. The quantitative estimate of drug-likeness (QED) is 0.784. The maximum atomic E-state index is 12.9. The molecule has 0 bridgehead atoms. The van der Waals surface area contributed by atoms with Crippen LogP contribution in [-0.2, 0) is 19.3 Å².